The summed E-state index contributed by atoms with van der Waals surface area (Å²) in [5.41, 5.74) is 5.48. The summed E-state index contributed by atoms with van der Waals surface area (Å²) < 4.78 is 1.84. The zero-order valence-corrected chi connectivity index (χ0v) is 10.8. The molecule has 1 aromatic heterocycles. The normalized spacial score (nSPS) is 10.5. The number of nitro groups is 1. The Morgan fingerprint density at radius 2 is 2.16 bits per heavy atom. The monoisotopic (exact) mass is 261 g/mol. The van der Waals surface area contributed by atoms with Crippen LogP contribution in [0.1, 0.15) is 17.0 Å². The quantitative estimate of drug-likeness (QED) is 0.496. The molecule has 0 unspecified atom stereocenters. The van der Waals surface area contributed by atoms with Crippen molar-refractivity contribution in [2.24, 2.45) is 5.84 Å². The van der Waals surface area contributed by atoms with Crippen LogP contribution >= 0.6 is 0 Å². The second-order valence-electron chi connectivity index (χ2n) is 4.34. The molecule has 2 aromatic rings. The Hall–Kier alpha value is -2.41. The molecule has 0 spiro atoms. The highest BCUT2D eigenvalue weighted by molar-refractivity contribution is 5.62. The lowest BCUT2D eigenvalue weighted by Gasteiger charge is -2.07. The highest BCUT2D eigenvalue weighted by Crippen LogP contribution is 2.24. The van der Waals surface area contributed by atoms with Crippen LogP contribution in [0.5, 0.6) is 0 Å². The zero-order valence-electron chi connectivity index (χ0n) is 10.8. The highest BCUT2D eigenvalue weighted by Gasteiger charge is 2.13. The minimum atomic E-state index is -0.470. The van der Waals surface area contributed by atoms with Gasteiger partial charge in [0.2, 0.25) is 0 Å². The highest BCUT2D eigenvalue weighted by atomic mass is 16.6. The van der Waals surface area contributed by atoms with E-state index in [1.165, 1.54) is 6.07 Å². The lowest BCUT2D eigenvalue weighted by atomic mass is 10.1. The van der Waals surface area contributed by atoms with E-state index in [2.05, 4.69) is 10.5 Å². The number of nitrogens with one attached hydrogen (secondary N) is 1. The molecule has 0 radical (unpaired) electrons. The van der Waals surface area contributed by atoms with Gasteiger partial charge in [0.25, 0.3) is 5.69 Å². The summed E-state index contributed by atoms with van der Waals surface area (Å²) in [7, 11) is 0. The molecule has 2 rings (SSSR count). The molecule has 19 heavy (non-hydrogen) atoms. The summed E-state index contributed by atoms with van der Waals surface area (Å²) in [5.74, 6) is 5.31. The smallest absolute Gasteiger partial charge is 0.293 e. The minimum Gasteiger partial charge on any atom is -0.318 e. The molecule has 0 aliphatic heterocycles. The van der Waals surface area contributed by atoms with Crippen molar-refractivity contribution in [3.63, 3.8) is 0 Å². The second-order valence-corrected chi connectivity index (χ2v) is 4.34. The number of aryl methyl sites for hydroxylation is 2. The first-order valence-corrected chi connectivity index (χ1v) is 5.76. The van der Waals surface area contributed by atoms with Crippen LogP contribution in [0.2, 0.25) is 0 Å². The molecule has 3 N–H and O–H groups in total. The van der Waals surface area contributed by atoms with Gasteiger partial charge in [0.15, 0.2) is 0 Å². The second kappa shape index (κ2) is 5.07. The van der Waals surface area contributed by atoms with E-state index in [9.17, 15) is 10.1 Å². The Bertz CT molecular complexity index is 621. The zero-order chi connectivity index (χ0) is 14.0. The van der Waals surface area contributed by atoms with E-state index in [1.807, 2.05) is 24.6 Å². The molecule has 0 atom stereocenters. The maximum atomic E-state index is 10.8. The van der Waals surface area contributed by atoms with E-state index >= 15 is 0 Å². The number of nitrogens with two attached hydrogens (primary N) is 1. The number of hydrogen-bond acceptors (Lipinski definition) is 5. The number of benzene rings is 1. The van der Waals surface area contributed by atoms with Crippen molar-refractivity contribution >= 4 is 11.4 Å². The van der Waals surface area contributed by atoms with Crippen LogP contribution in [0.3, 0.4) is 0 Å². The van der Waals surface area contributed by atoms with Crippen molar-refractivity contribution in [1.29, 1.82) is 0 Å². The van der Waals surface area contributed by atoms with E-state index < -0.39 is 4.92 Å². The van der Waals surface area contributed by atoms with Gasteiger partial charge >= 0.3 is 0 Å². The molecule has 0 saturated carbocycles. The van der Waals surface area contributed by atoms with Gasteiger partial charge in [-0.15, -0.1) is 0 Å². The van der Waals surface area contributed by atoms with Crippen molar-refractivity contribution < 1.29 is 4.92 Å². The Morgan fingerprint density at radius 1 is 1.42 bits per heavy atom. The summed E-state index contributed by atoms with van der Waals surface area (Å²) in [4.78, 5) is 10.3. The molecule has 0 bridgehead atoms. The number of nitrogen functional groups attached to an aromatic ring is 1. The van der Waals surface area contributed by atoms with E-state index in [4.69, 9.17) is 5.84 Å². The Labute approximate surface area is 110 Å². The van der Waals surface area contributed by atoms with Crippen molar-refractivity contribution in [3.05, 3.63) is 51.3 Å². The third kappa shape index (κ3) is 2.71. The maximum Gasteiger partial charge on any atom is 0.293 e. The summed E-state index contributed by atoms with van der Waals surface area (Å²) >= 11 is 0. The molecule has 0 aliphatic carbocycles. The van der Waals surface area contributed by atoms with Crippen LogP contribution < -0.4 is 11.3 Å². The predicted molar refractivity (Wildman–Crippen MR) is 71.7 cm³/mol. The van der Waals surface area contributed by atoms with Crippen LogP contribution in [0, 0.1) is 24.0 Å². The molecule has 0 fully saturated rings. The fourth-order valence-electron chi connectivity index (χ4n) is 1.96. The van der Waals surface area contributed by atoms with Gasteiger partial charge < -0.3 is 5.43 Å². The van der Waals surface area contributed by atoms with E-state index in [1.54, 1.807) is 12.1 Å². The average molecular weight is 261 g/mol. The Balaban J connectivity index is 2.31. The summed E-state index contributed by atoms with van der Waals surface area (Å²) in [6.45, 7) is 4.44. The van der Waals surface area contributed by atoms with Gasteiger partial charge in [-0.1, -0.05) is 6.07 Å². The first kappa shape index (κ1) is 13.0. The summed E-state index contributed by atoms with van der Waals surface area (Å²) in [5, 5.41) is 15.1. The third-order valence-corrected chi connectivity index (χ3v) is 2.85. The SMILES string of the molecule is Cc1cc(C)n(Cc2ccc([N+](=O)[O-])c(NN)c2)n1. The maximum absolute atomic E-state index is 10.8. The third-order valence-electron chi connectivity index (χ3n) is 2.85. The molecule has 7 nitrogen and oxygen atoms in total. The fraction of sp³-hybridized carbons (Fsp3) is 0.250. The molecule has 7 heteroatoms. The molecule has 0 saturated heterocycles. The van der Waals surface area contributed by atoms with Crippen LogP contribution in [-0.4, -0.2) is 14.7 Å². The first-order valence-electron chi connectivity index (χ1n) is 5.76. The van der Waals surface area contributed by atoms with Crippen LogP contribution in [0.25, 0.3) is 0 Å². The van der Waals surface area contributed by atoms with Crippen LogP contribution in [-0.2, 0) is 6.54 Å². The fourth-order valence-corrected chi connectivity index (χ4v) is 1.96. The number of hydrogen-bond donors (Lipinski definition) is 2. The topological polar surface area (TPSA) is 99.0 Å². The van der Waals surface area contributed by atoms with Gasteiger partial charge in [-0.25, -0.2) is 0 Å². The molecular formula is C12H15N5O2. The predicted octanol–water partition coefficient (Wildman–Crippen LogP) is 1.74. The summed E-state index contributed by atoms with van der Waals surface area (Å²) in [6, 6.07) is 6.79. The van der Waals surface area contributed by atoms with Crippen molar-refractivity contribution in [1.82, 2.24) is 9.78 Å². The lowest BCUT2D eigenvalue weighted by molar-refractivity contribution is -0.384. The summed E-state index contributed by atoms with van der Waals surface area (Å²) in [6.07, 6.45) is 0. The van der Waals surface area contributed by atoms with Gasteiger partial charge in [-0.05, 0) is 31.5 Å². The molecule has 0 aliphatic rings. The lowest BCUT2D eigenvalue weighted by Crippen LogP contribution is -2.10. The Morgan fingerprint density at radius 3 is 2.68 bits per heavy atom. The minimum absolute atomic E-state index is 0.0420. The van der Waals surface area contributed by atoms with Crippen molar-refractivity contribution in [2.45, 2.75) is 20.4 Å². The number of aromatic nitrogens is 2. The van der Waals surface area contributed by atoms with E-state index in [-0.39, 0.29) is 5.69 Å². The van der Waals surface area contributed by atoms with Gasteiger partial charge in [0, 0.05) is 11.8 Å². The molecule has 100 valence electrons. The molecular weight excluding hydrogens is 246 g/mol. The van der Waals surface area contributed by atoms with Crippen molar-refractivity contribution in [2.75, 3.05) is 5.43 Å². The number of nitro benzene ring substituents is 1. The van der Waals surface area contributed by atoms with E-state index in [0.717, 1.165) is 17.0 Å². The van der Waals surface area contributed by atoms with Gasteiger partial charge in [-0.3, -0.25) is 20.6 Å². The number of anilines is 1. The number of hydrazine groups is 1. The van der Waals surface area contributed by atoms with Crippen molar-refractivity contribution in [3.8, 4) is 0 Å². The molecule has 1 heterocycles. The molecule has 0 amide bonds. The van der Waals surface area contributed by atoms with Gasteiger partial charge in [0.05, 0.1) is 17.2 Å². The first-order chi connectivity index (χ1) is 9.01. The standard InChI is InChI=1S/C12H15N5O2/c1-8-5-9(2)16(15-8)7-10-3-4-12(17(18)19)11(6-10)14-13/h3-6,14H,7,13H2,1-2H3. The van der Waals surface area contributed by atoms with E-state index in [0.29, 0.717) is 12.2 Å². The Kier molecular flexibility index (Phi) is 3.48. The van der Waals surface area contributed by atoms with Gasteiger partial charge in [-0.2, -0.15) is 5.10 Å². The largest absolute Gasteiger partial charge is 0.318 e. The number of rotatable bonds is 4. The average Bonchev–Trinajstić information content (AvgIpc) is 2.67. The van der Waals surface area contributed by atoms with Crippen LogP contribution in [0.4, 0.5) is 11.4 Å². The van der Waals surface area contributed by atoms with Gasteiger partial charge in [0.1, 0.15) is 5.69 Å². The molecule has 1 aromatic carbocycles. The van der Waals surface area contributed by atoms with Crippen LogP contribution in [0.15, 0.2) is 24.3 Å². The number of nitrogens with zero attached hydrogens (tertiary/aromatic N) is 3.